The standard InChI is InChI=1S/C14H18N4O12P2/c19-10-2-5-17(14(22)18(10)6-9-15-3-1-4-16-9)13-12(21)11(20)8(29-13)7-28-32(26,27)30-31(23,24)25/h1-5,8,11-13,20-21H,6-7H2,(H,26,27)(H2,23,24,25)/t8-,11+,12+,13-/m1/s1. The van der Waals surface area contributed by atoms with E-state index in [0.717, 1.165) is 21.4 Å². The van der Waals surface area contributed by atoms with Crippen molar-refractivity contribution >= 4 is 15.6 Å². The quantitative estimate of drug-likeness (QED) is 0.242. The molecule has 2 aromatic rings. The number of hydrogen-bond donors (Lipinski definition) is 5. The predicted octanol–water partition coefficient (Wildman–Crippen LogP) is -2.31. The number of aliphatic hydroxyl groups excluding tert-OH is 2. The summed E-state index contributed by atoms with van der Waals surface area (Å²) in [5, 5.41) is 20.4. The van der Waals surface area contributed by atoms with Crippen LogP contribution < -0.4 is 11.2 Å². The van der Waals surface area contributed by atoms with Gasteiger partial charge in [-0.2, -0.15) is 4.31 Å². The van der Waals surface area contributed by atoms with Crippen molar-refractivity contribution in [2.75, 3.05) is 6.61 Å². The minimum Gasteiger partial charge on any atom is -0.387 e. The summed E-state index contributed by atoms with van der Waals surface area (Å²) >= 11 is 0. The van der Waals surface area contributed by atoms with E-state index in [-0.39, 0.29) is 12.4 Å². The Bertz CT molecular complexity index is 1160. The maximum Gasteiger partial charge on any atom is 0.481 e. The summed E-state index contributed by atoms with van der Waals surface area (Å²) in [5.41, 5.74) is -1.62. The molecule has 0 bridgehead atoms. The van der Waals surface area contributed by atoms with Crippen molar-refractivity contribution in [2.45, 2.75) is 31.1 Å². The van der Waals surface area contributed by atoms with E-state index in [2.05, 4.69) is 18.8 Å². The fourth-order valence-corrected chi connectivity index (χ4v) is 4.45. The fraction of sp³-hybridized carbons (Fsp3) is 0.429. The normalized spacial score (nSPS) is 25.5. The molecule has 1 fully saturated rings. The molecule has 1 aliphatic rings. The Morgan fingerprint density at radius 1 is 1.09 bits per heavy atom. The number of aromatic nitrogens is 4. The summed E-state index contributed by atoms with van der Waals surface area (Å²) in [6.07, 6.45) is -2.66. The van der Waals surface area contributed by atoms with Gasteiger partial charge in [0.25, 0.3) is 5.56 Å². The van der Waals surface area contributed by atoms with Crippen molar-refractivity contribution in [3.63, 3.8) is 0 Å². The van der Waals surface area contributed by atoms with Crippen LogP contribution in [0.1, 0.15) is 12.1 Å². The molecule has 1 unspecified atom stereocenters. The molecule has 0 aromatic carbocycles. The average molecular weight is 496 g/mol. The molecular weight excluding hydrogens is 478 g/mol. The van der Waals surface area contributed by atoms with E-state index in [1.807, 2.05) is 0 Å². The Kier molecular flexibility index (Phi) is 7.21. The molecule has 5 atom stereocenters. The molecule has 3 rings (SSSR count). The summed E-state index contributed by atoms with van der Waals surface area (Å²) < 4.78 is 37.1. The fourth-order valence-electron chi connectivity index (χ4n) is 2.85. The molecule has 176 valence electrons. The van der Waals surface area contributed by atoms with Crippen molar-refractivity contribution in [3.8, 4) is 0 Å². The highest BCUT2D eigenvalue weighted by atomic mass is 31.3. The van der Waals surface area contributed by atoms with Gasteiger partial charge in [-0.25, -0.2) is 23.9 Å². The van der Waals surface area contributed by atoms with Crippen LogP contribution in [-0.4, -0.2) is 68.9 Å². The minimum atomic E-state index is -5.36. The van der Waals surface area contributed by atoms with Crippen molar-refractivity contribution < 1.29 is 47.6 Å². The lowest BCUT2D eigenvalue weighted by Crippen LogP contribution is -2.43. The molecular formula is C14H18N4O12P2. The summed E-state index contributed by atoms with van der Waals surface area (Å²) in [4.78, 5) is 59.3. The Balaban J connectivity index is 1.79. The summed E-state index contributed by atoms with van der Waals surface area (Å²) in [6.45, 7) is -1.22. The first kappa shape index (κ1) is 24.5. The number of ether oxygens (including phenoxy) is 1. The molecule has 18 heteroatoms. The van der Waals surface area contributed by atoms with E-state index >= 15 is 0 Å². The lowest BCUT2D eigenvalue weighted by atomic mass is 10.1. The average Bonchev–Trinajstić information content (AvgIpc) is 2.97. The number of nitrogens with zero attached hydrogens (tertiary/aromatic N) is 4. The second kappa shape index (κ2) is 9.41. The van der Waals surface area contributed by atoms with Gasteiger partial charge in [0.15, 0.2) is 6.23 Å². The topological polar surface area (TPSA) is 233 Å². The van der Waals surface area contributed by atoms with E-state index in [1.165, 1.54) is 18.5 Å². The Labute approximate surface area is 178 Å². The molecule has 1 aliphatic heterocycles. The van der Waals surface area contributed by atoms with Gasteiger partial charge in [-0.15, -0.1) is 0 Å². The van der Waals surface area contributed by atoms with Crippen LogP contribution >= 0.6 is 15.6 Å². The second-order valence-corrected chi connectivity index (χ2v) is 9.31. The van der Waals surface area contributed by atoms with E-state index in [4.69, 9.17) is 14.5 Å². The largest absolute Gasteiger partial charge is 0.481 e. The zero-order valence-corrected chi connectivity index (χ0v) is 17.7. The summed E-state index contributed by atoms with van der Waals surface area (Å²) in [7, 11) is -10.6. The minimum absolute atomic E-state index is 0.160. The molecule has 0 spiro atoms. The Morgan fingerprint density at radius 2 is 1.75 bits per heavy atom. The van der Waals surface area contributed by atoms with Gasteiger partial charge in [0.05, 0.1) is 13.2 Å². The van der Waals surface area contributed by atoms with Crippen LogP contribution in [-0.2, 0) is 29.2 Å². The van der Waals surface area contributed by atoms with Crippen LogP contribution in [0.3, 0.4) is 0 Å². The third-order valence-electron chi connectivity index (χ3n) is 4.24. The highest BCUT2D eigenvalue weighted by molar-refractivity contribution is 7.60. The molecule has 0 radical (unpaired) electrons. The van der Waals surface area contributed by atoms with Crippen LogP contribution in [0.4, 0.5) is 0 Å². The molecule has 3 heterocycles. The van der Waals surface area contributed by atoms with Crippen molar-refractivity contribution in [1.29, 1.82) is 0 Å². The van der Waals surface area contributed by atoms with Gasteiger partial charge in [0.1, 0.15) is 24.1 Å². The van der Waals surface area contributed by atoms with E-state index in [1.54, 1.807) is 0 Å². The number of hydrogen-bond acceptors (Lipinski definition) is 11. The van der Waals surface area contributed by atoms with Crippen LogP contribution in [0.2, 0.25) is 0 Å². The SMILES string of the molecule is O=c1ccn([C@@H]2O[C@H](COP(=O)(O)OP(=O)(O)O)[C@H](O)[C@@H]2O)c(=O)n1Cc1ncccn1. The van der Waals surface area contributed by atoms with Crippen molar-refractivity contribution in [2.24, 2.45) is 0 Å². The van der Waals surface area contributed by atoms with Crippen LogP contribution in [0.15, 0.2) is 40.3 Å². The number of phosphoric acid groups is 2. The molecule has 0 amide bonds. The maximum atomic E-state index is 12.8. The van der Waals surface area contributed by atoms with Crippen molar-refractivity contribution in [1.82, 2.24) is 19.1 Å². The van der Waals surface area contributed by atoms with E-state index in [0.29, 0.717) is 0 Å². The predicted molar refractivity (Wildman–Crippen MR) is 101 cm³/mol. The van der Waals surface area contributed by atoms with Gasteiger partial charge in [-0.05, 0) is 6.07 Å². The van der Waals surface area contributed by atoms with Gasteiger partial charge in [0, 0.05) is 24.7 Å². The molecule has 32 heavy (non-hydrogen) atoms. The zero-order chi connectivity index (χ0) is 23.7. The van der Waals surface area contributed by atoms with Crippen LogP contribution in [0, 0.1) is 0 Å². The lowest BCUT2D eigenvalue weighted by molar-refractivity contribution is -0.0547. The molecule has 0 aliphatic carbocycles. The van der Waals surface area contributed by atoms with Crippen LogP contribution in [0.5, 0.6) is 0 Å². The highest BCUT2D eigenvalue weighted by Crippen LogP contribution is 2.57. The van der Waals surface area contributed by atoms with Gasteiger partial charge >= 0.3 is 21.3 Å². The second-order valence-electron chi connectivity index (χ2n) is 6.48. The molecule has 1 saturated heterocycles. The monoisotopic (exact) mass is 496 g/mol. The maximum absolute atomic E-state index is 12.8. The highest BCUT2D eigenvalue weighted by Gasteiger charge is 2.46. The van der Waals surface area contributed by atoms with Gasteiger partial charge in [-0.1, -0.05) is 0 Å². The first-order valence-corrected chi connectivity index (χ1v) is 11.7. The Morgan fingerprint density at radius 3 is 2.38 bits per heavy atom. The van der Waals surface area contributed by atoms with Gasteiger partial charge < -0.3 is 29.6 Å². The molecule has 0 saturated carbocycles. The number of phosphoric ester groups is 1. The van der Waals surface area contributed by atoms with Crippen LogP contribution in [0.25, 0.3) is 0 Å². The summed E-state index contributed by atoms with van der Waals surface area (Å²) in [6, 6.07) is 2.55. The van der Waals surface area contributed by atoms with Gasteiger partial charge in [-0.3, -0.25) is 18.5 Å². The summed E-state index contributed by atoms with van der Waals surface area (Å²) in [5.74, 6) is 0.160. The lowest BCUT2D eigenvalue weighted by Gasteiger charge is -2.19. The third kappa shape index (κ3) is 5.82. The van der Waals surface area contributed by atoms with Crippen molar-refractivity contribution in [3.05, 3.63) is 57.4 Å². The molecule has 5 N–H and O–H groups in total. The van der Waals surface area contributed by atoms with E-state index < -0.39 is 58.0 Å². The van der Waals surface area contributed by atoms with Gasteiger partial charge in [0.2, 0.25) is 0 Å². The first-order chi connectivity index (χ1) is 14.9. The molecule has 2 aromatic heterocycles. The third-order valence-corrected chi connectivity index (χ3v) is 6.39. The molecule has 16 nitrogen and oxygen atoms in total. The number of aliphatic hydroxyl groups is 2. The first-order valence-electron chi connectivity index (χ1n) is 8.72. The number of rotatable bonds is 8. The van der Waals surface area contributed by atoms with E-state index in [9.17, 15) is 33.8 Å². The smallest absolute Gasteiger partial charge is 0.387 e. The Hall–Kier alpha value is -2.10. The zero-order valence-electron chi connectivity index (χ0n) is 15.9.